The largest absolute Gasteiger partial charge is 0.492 e. The first-order valence-electron chi connectivity index (χ1n) is 5.86. The Kier molecular flexibility index (Phi) is 5.66. The smallest absolute Gasteiger partial charge is 0.155 e. The molecule has 102 valence electrons. The van der Waals surface area contributed by atoms with Crippen LogP contribution < -0.4 is 4.74 Å². The van der Waals surface area contributed by atoms with E-state index in [1.54, 1.807) is 13.8 Å². The number of rotatable bonds is 6. The quantitative estimate of drug-likeness (QED) is 0.751. The third kappa shape index (κ3) is 4.28. The molecule has 0 saturated heterocycles. The molecule has 0 spiro atoms. The standard InChI is InChI=1S/C13H19BrO3S/c1-10(2)18(15,16)7-6-17-13-5-4-11(3)8-12(13)9-14/h4-5,8,10H,6-7,9H2,1-3H3. The molecule has 18 heavy (non-hydrogen) atoms. The van der Waals surface area contributed by atoms with Crippen LogP contribution in [0.15, 0.2) is 18.2 Å². The van der Waals surface area contributed by atoms with Crippen molar-refractivity contribution in [3.8, 4) is 5.75 Å². The molecule has 0 fully saturated rings. The molecular formula is C13H19BrO3S. The van der Waals surface area contributed by atoms with Gasteiger partial charge in [-0.05, 0) is 26.8 Å². The van der Waals surface area contributed by atoms with E-state index in [1.165, 1.54) is 0 Å². The number of halogens is 1. The van der Waals surface area contributed by atoms with E-state index >= 15 is 0 Å². The summed E-state index contributed by atoms with van der Waals surface area (Å²) in [4.78, 5) is 0. The highest BCUT2D eigenvalue weighted by atomic mass is 79.9. The monoisotopic (exact) mass is 334 g/mol. The molecule has 0 heterocycles. The summed E-state index contributed by atoms with van der Waals surface area (Å²) in [6, 6.07) is 5.87. The van der Waals surface area contributed by atoms with Crippen molar-refractivity contribution in [2.75, 3.05) is 12.4 Å². The second kappa shape index (κ2) is 6.57. The fourth-order valence-electron chi connectivity index (χ4n) is 1.46. The first kappa shape index (κ1) is 15.5. The molecule has 0 aliphatic heterocycles. The van der Waals surface area contributed by atoms with Gasteiger partial charge in [0.25, 0.3) is 0 Å². The number of alkyl halides is 1. The van der Waals surface area contributed by atoms with E-state index in [1.807, 2.05) is 25.1 Å². The molecule has 0 aliphatic carbocycles. The first-order chi connectivity index (χ1) is 8.36. The molecule has 0 aromatic heterocycles. The second-order valence-corrected chi connectivity index (χ2v) is 7.75. The minimum absolute atomic E-state index is 0.0558. The predicted octanol–water partition coefficient (Wildman–Crippen LogP) is 3.09. The molecule has 0 N–H and O–H groups in total. The number of benzene rings is 1. The van der Waals surface area contributed by atoms with E-state index in [0.29, 0.717) is 5.33 Å². The molecule has 0 unspecified atom stereocenters. The van der Waals surface area contributed by atoms with E-state index < -0.39 is 9.84 Å². The Morgan fingerprint density at radius 2 is 2.00 bits per heavy atom. The van der Waals surface area contributed by atoms with Gasteiger partial charge >= 0.3 is 0 Å². The fourth-order valence-corrected chi connectivity index (χ4v) is 2.68. The van der Waals surface area contributed by atoms with E-state index in [9.17, 15) is 8.42 Å². The number of hydrogen-bond donors (Lipinski definition) is 0. The van der Waals surface area contributed by atoms with Crippen molar-refractivity contribution in [3.63, 3.8) is 0 Å². The maximum atomic E-state index is 11.6. The molecule has 3 nitrogen and oxygen atoms in total. The Balaban J connectivity index is 2.65. The Morgan fingerprint density at radius 3 is 2.56 bits per heavy atom. The van der Waals surface area contributed by atoms with Crippen molar-refractivity contribution < 1.29 is 13.2 Å². The number of hydrogen-bond acceptors (Lipinski definition) is 3. The summed E-state index contributed by atoms with van der Waals surface area (Å²) in [7, 11) is -3.03. The first-order valence-corrected chi connectivity index (χ1v) is 8.70. The molecule has 1 aromatic carbocycles. The second-order valence-electron chi connectivity index (χ2n) is 4.51. The fraction of sp³-hybridized carbons (Fsp3) is 0.538. The zero-order valence-electron chi connectivity index (χ0n) is 10.9. The van der Waals surface area contributed by atoms with Crippen LogP contribution in [0.4, 0.5) is 0 Å². The highest BCUT2D eigenvalue weighted by Crippen LogP contribution is 2.22. The molecule has 0 amide bonds. The van der Waals surface area contributed by atoms with E-state index in [2.05, 4.69) is 15.9 Å². The Bertz CT molecular complexity index is 495. The van der Waals surface area contributed by atoms with Gasteiger partial charge in [0.15, 0.2) is 9.84 Å². The van der Waals surface area contributed by atoms with Gasteiger partial charge < -0.3 is 4.74 Å². The van der Waals surface area contributed by atoms with Crippen molar-refractivity contribution in [1.29, 1.82) is 0 Å². The number of aryl methyl sites for hydroxylation is 1. The van der Waals surface area contributed by atoms with Gasteiger partial charge in [0, 0.05) is 10.9 Å². The summed E-state index contributed by atoms with van der Waals surface area (Å²) in [6.45, 7) is 5.58. The van der Waals surface area contributed by atoms with Gasteiger partial charge in [0.1, 0.15) is 12.4 Å². The van der Waals surface area contributed by atoms with Crippen LogP contribution in [0, 0.1) is 6.92 Å². The number of sulfone groups is 1. The van der Waals surface area contributed by atoms with Crippen LogP contribution in [-0.4, -0.2) is 26.0 Å². The average molecular weight is 335 g/mol. The van der Waals surface area contributed by atoms with E-state index in [0.717, 1.165) is 16.9 Å². The minimum Gasteiger partial charge on any atom is -0.492 e. The molecule has 0 radical (unpaired) electrons. The van der Waals surface area contributed by atoms with Gasteiger partial charge in [-0.15, -0.1) is 0 Å². The molecule has 0 atom stereocenters. The molecular weight excluding hydrogens is 316 g/mol. The van der Waals surface area contributed by atoms with Gasteiger partial charge in [-0.3, -0.25) is 0 Å². The SMILES string of the molecule is Cc1ccc(OCCS(=O)(=O)C(C)C)c(CBr)c1. The lowest BCUT2D eigenvalue weighted by Gasteiger charge is -2.12. The summed E-state index contributed by atoms with van der Waals surface area (Å²) in [5.41, 5.74) is 2.20. The van der Waals surface area contributed by atoms with Crippen LogP contribution in [0.1, 0.15) is 25.0 Å². The van der Waals surface area contributed by atoms with Crippen molar-refractivity contribution in [1.82, 2.24) is 0 Å². The van der Waals surface area contributed by atoms with Crippen LogP contribution in [0.2, 0.25) is 0 Å². The van der Waals surface area contributed by atoms with Crippen molar-refractivity contribution in [3.05, 3.63) is 29.3 Å². The van der Waals surface area contributed by atoms with Crippen LogP contribution in [0.5, 0.6) is 5.75 Å². The Hall–Kier alpha value is -0.550. The lowest BCUT2D eigenvalue weighted by Crippen LogP contribution is -2.22. The minimum atomic E-state index is -3.03. The molecule has 0 saturated carbocycles. The Morgan fingerprint density at radius 1 is 1.33 bits per heavy atom. The molecule has 0 aliphatic rings. The average Bonchev–Trinajstić information content (AvgIpc) is 2.30. The van der Waals surface area contributed by atoms with E-state index in [4.69, 9.17) is 4.74 Å². The molecule has 0 bridgehead atoms. The summed E-state index contributed by atoms with van der Waals surface area (Å²) in [6.07, 6.45) is 0. The summed E-state index contributed by atoms with van der Waals surface area (Å²) in [5, 5.41) is 0.343. The summed E-state index contributed by atoms with van der Waals surface area (Å²) >= 11 is 3.40. The van der Waals surface area contributed by atoms with Gasteiger partial charge in [-0.25, -0.2) is 8.42 Å². The van der Waals surface area contributed by atoms with Gasteiger partial charge in [-0.2, -0.15) is 0 Å². The topological polar surface area (TPSA) is 43.4 Å². The highest BCUT2D eigenvalue weighted by Gasteiger charge is 2.16. The molecule has 5 heteroatoms. The summed E-state index contributed by atoms with van der Waals surface area (Å²) in [5.74, 6) is 0.803. The maximum absolute atomic E-state index is 11.6. The van der Waals surface area contributed by atoms with Crippen LogP contribution in [-0.2, 0) is 15.2 Å². The third-order valence-electron chi connectivity index (χ3n) is 2.70. The highest BCUT2D eigenvalue weighted by molar-refractivity contribution is 9.08. The van der Waals surface area contributed by atoms with E-state index in [-0.39, 0.29) is 17.6 Å². The normalized spacial score (nSPS) is 11.8. The summed E-state index contributed by atoms with van der Waals surface area (Å²) < 4.78 is 28.8. The van der Waals surface area contributed by atoms with Crippen LogP contribution in [0.25, 0.3) is 0 Å². The maximum Gasteiger partial charge on any atom is 0.155 e. The van der Waals surface area contributed by atoms with Crippen molar-refractivity contribution >= 4 is 25.8 Å². The number of ether oxygens (including phenoxy) is 1. The molecule has 1 aromatic rings. The predicted molar refractivity (Wildman–Crippen MR) is 78.2 cm³/mol. The van der Waals surface area contributed by atoms with Gasteiger partial charge in [0.05, 0.1) is 11.0 Å². The van der Waals surface area contributed by atoms with Crippen LogP contribution >= 0.6 is 15.9 Å². The molecule has 1 rings (SSSR count). The van der Waals surface area contributed by atoms with Crippen molar-refractivity contribution in [2.45, 2.75) is 31.4 Å². The third-order valence-corrected chi connectivity index (χ3v) is 5.48. The zero-order chi connectivity index (χ0) is 13.8. The zero-order valence-corrected chi connectivity index (χ0v) is 13.3. The van der Waals surface area contributed by atoms with Crippen molar-refractivity contribution in [2.24, 2.45) is 0 Å². The lowest BCUT2D eigenvalue weighted by atomic mass is 10.1. The van der Waals surface area contributed by atoms with Gasteiger partial charge in [0.2, 0.25) is 0 Å². The Labute approximate surface area is 118 Å². The van der Waals surface area contributed by atoms with Crippen LogP contribution in [0.3, 0.4) is 0 Å². The van der Waals surface area contributed by atoms with Gasteiger partial charge in [-0.1, -0.05) is 33.6 Å². The lowest BCUT2D eigenvalue weighted by molar-refractivity contribution is 0.338.